The molecule has 112 valence electrons. The molecule has 1 rings (SSSR count). The largest absolute Gasteiger partial charge is 0.379 e. The van der Waals surface area contributed by atoms with Crippen LogP contribution in [-0.2, 0) is 9.53 Å². The lowest BCUT2D eigenvalue weighted by molar-refractivity contribution is -0.124. The number of nitrogens with two attached hydrogens (primary N) is 1. The fourth-order valence-electron chi connectivity index (χ4n) is 2.00. The second-order valence-electron chi connectivity index (χ2n) is 6.30. The van der Waals surface area contributed by atoms with Gasteiger partial charge in [-0.3, -0.25) is 9.69 Å². The number of nitrogens with zero attached hydrogens (tertiary/aromatic N) is 1. The van der Waals surface area contributed by atoms with Crippen molar-refractivity contribution in [3.8, 4) is 0 Å². The molecule has 1 heterocycles. The van der Waals surface area contributed by atoms with Gasteiger partial charge in [0.2, 0.25) is 5.91 Å². The fraction of sp³-hybridized carbons (Fsp3) is 0.929. The normalized spacial score (nSPS) is 19.2. The van der Waals surface area contributed by atoms with E-state index in [0.717, 1.165) is 45.7 Å². The average molecular weight is 271 g/mol. The Bertz CT molecular complexity index is 270. The highest BCUT2D eigenvalue weighted by atomic mass is 16.5. The molecule has 0 aliphatic carbocycles. The molecule has 19 heavy (non-hydrogen) atoms. The minimum atomic E-state index is -0.438. The van der Waals surface area contributed by atoms with E-state index in [1.54, 1.807) is 0 Å². The second-order valence-corrected chi connectivity index (χ2v) is 6.30. The lowest BCUT2D eigenvalue weighted by atomic mass is 9.87. The number of hydrogen-bond donors (Lipinski definition) is 2. The van der Waals surface area contributed by atoms with Gasteiger partial charge in [0.05, 0.1) is 19.3 Å². The molecule has 0 aromatic carbocycles. The van der Waals surface area contributed by atoms with Crippen molar-refractivity contribution >= 4 is 5.91 Å². The molecule has 0 aromatic heterocycles. The highest BCUT2D eigenvalue weighted by Gasteiger charge is 2.26. The number of nitrogens with one attached hydrogen (secondary N) is 1. The van der Waals surface area contributed by atoms with E-state index in [4.69, 9.17) is 10.5 Å². The van der Waals surface area contributed by atoms with Crippen LogP contribution in [0.25, 0.3) is 0 Å². The maximum absolute atomic E-state index is 11.8. The third kappa shape index (κ3) is 6.36. The third-order valence-corrected chi connectivity index (χ3v) is 3.52. The molecule has 1 fully saturated rings. The van der Waals surface area contributed by atoms with Crippen LogP contribution in [0.1, 0.15) is 33.6 Å². The predicted octanol–water partition coefficient (Wildman–Crippen LogP) is 0.588. The van der Waals surface area contributed by atoms with E-state index in [1.807, 2.05) is 20.8 Å². The van der Waals surface area contributed by atoms with Crippen molar-refractivity contribution in [3.05, 3.63) is 0 Å². The zero-order valence-electron chi connectivity index (χ0n) is 12.6. The van der Waals surface area contributed by atoms with Crippen LogP contribution in [-0.4, -0.2) is 56.2 Å². The molecule has 1 amide bonds. The minimum absolute atomic E-state index is 0.0427. The zero-order valence-corrected chi connectivity index (χ0v) is 12.6. The maximum atomic E-state index is 11.8. The molecule has 3 N–H and O–H groups in total. The maximum Gasteiger partial charge on any atom is 0.237 e. The summed E-state index contributed by atoms with van der Waals surface area (Å²) < 4.78 is 5.30. The van der Waals surface area contributed by atoms with Gasteiger partial charge in [0.15, 0.2) is 0 Å². The Morgan fingerprint density at radius 3 is 2.53 bits per heavy atom. The van der Waals surface area contributed by atoms with Gasteiger partial charge in [-0.1, -0.05) is 20.8 Å². The molecule has 0 unspecified atom stereocenters. The second kappa shape index (κ2) is 7.82. The van der Waals surface area contributed by atoms with Crippen molar-refractivity contribution in [1.29, 1.82) is 0 Å². The predicted molar refractivity (Wildman–Crippen MR) is 76.9 cm³/mol. The summed E-state index contributed by atoms with van der Waals surface area (Å²) in [6.07, 6.45) is 2.10. The van der Waals surface area contributed by atoms with Gasteiger partial charge in [-0.05, 0) is 24.8 Å². The van der Waals surface area contributed by atoms with Gasteiger partial charge >= 0.3 is 0 Å². The van der Waals surface area contributed by atoms with Crippen molar-refractivity contribution < 1.29 is 9.53 Å². The van der Waals surface area contributed by atoms with Gasteiger partial charge < -0.3 is 15.8 Å². The standard InChI is InChI=1S/C14H29N3O2/c1-14(2,3)12(15)13(18)16-6-4-5-7-17-8-10-19-11-9-17/h12H,4-11,15H2,1-3H3,(H,16,18)/t12-/m1/s1. The molecule has 0 aromatic rings. The first-order valence-electron chi connectivity index (χ1n) is 7.24. The minimum Gasteiger partial charge on any atom is -0.379 e. The molecule has 1 aliphatic heterocycles. The molecule has 0 spiro atoms. The molecule has 5 nitrogen and oxygen atoms in total. The molecule has 5 heteroatoms. The van der Waals surface area contributed by atoms with E-state index in [9.17, 15) is 4.79 Å². The Hall–Kier alpha value is -0.650. The van der Waals surface area contributed by atoms with E-state index in [1.165, 1.54) is 0 Å². The summed E-state index contributed by atoms with van der Waals surface area (Å²) in [6, 6.07) is -0.438. The van der Waals surface area contributed by atoms with Crippen LogP contribution in [0.2, 0.25) is 0 Å². The van der Waals surface area contributed by atoms with Crippen LogP contribution < -0.4 is 11.1 Å². The molecule has 1 aliphatic rings. The highest BCUT2D eigenvalue weighted by Crippen LogP contribution is 2.17. The first kappa shape index (κ1) is 16.4. The number of carbonyl (C=O) groups is 1. The van der Waals surface area contributed by atoms with Crippen LogP contribution in [0.5, 0.6) is 0 Å². The lowest BCUT2D eigenvalue weighted by Gasteiger charge is -2.27. The van der Waals surface area contributed by atoms with Crippen LogP contribution in [0.15, 0.2) is 0 Å². The van der Waals surface area contributed by atoms with Crippen LogP contribution in [0.4, 0.5) is 0 Å². The molecular weight excluding hydrogens is 242 g/mol. The van der Waals surface area contributed by atoms with Crippen LogP contribution >= 0.6 is 0 Å². The smallest absolute Gasteiger partial charge is 0.237 e. The molecule has 0 bridgehead atoms. The molecule has 1 saturated heterocycles. The lowest BCUT2D eigenvalue weighted by Crippen LogP contribution is -2.48. The Kier molecular flexibility index (Phi) is 6.75. The number of ether oxygens (including phenoxy) is 1. The summed E-state index contributed by atoms with van der Waals surface area (Å²) in [5.41, 5.74) is 5.71. The zero-order chi connectivity index (χ0) is 14.3. The Morgan fingerprint density at radius 1 is 1.32 bits per heavy atom. The number of morpholine rings is 1. The summed E-state index contributed by atoms with van der Waals surface area (Å²) >= 11 is 0. The Morgan fingerprint density at radius 2 is 1.95 bits per heavy atom. The number of rotatable bonds is 6. The first-order valence-corrected chi connectivity index (χ1v) is 7.24. The van der Waals surface area contributed by atoms with Gasteiger partial charge in [-0.15, -0.1) is 0 Å². The number of carbonyl (C=O) groups excluding carboxylic acids is 1. The number of unbranched alkanes of at least 4 members (excludes halogenated alkanes) is 1. The SMILES string of the molecule is CC(C)(C)[C@H](N)C(=O)NCCCCN1CCOCC1. The summed E-state index contributed by atoms with van der Waals surface area (Å²) in [5, 5.41) is 2.92. The Labute approximate surface area is 116 Å². The molecular formula is C14H29N3O2. The van der Waals surface area contributed by atoms with Crippen LogP contribution in [0, 0.1) is 5.41 Å². The highest BCUT2D eigenvalue weighted by molar-refractivity contribution is 5.82. The van der Waals surface area contributed by atoms with Crippen molar-refractivity contribution in [2.75, 3.05) is 39.4 Å². The van der Waals surface area contributed by atoms with E-state index >= 15 is 0 Å². The van der Waals surface area contributed by atoms with Gasteiger partial charge in [0.25, 0.3) is 0 Å². The number of hydrogen-bond acceptors (Lipinski definition) is 4. The third-order valence-electron chi connectivity index (χ3n) is 3.52. The molecule has 0 radical (unpaired) electrons. The monoisotopic (exact) mass is 271 g/mol. The number of amides is 1. The van der Waals surface area contributed by atoms with Crippen molar-refractivity contribution in [3.63, 3.8) is 0 Å². The average Bonchev–Trinajstić information content (AvgIpc) is 2.37. The summed E-state index contributed by atoms with van der Waals surface area (Å²) in [7, 11) is 0. The first-order chi connectivity index (χ1) is 8.91. The van der Waals surface area contributed by atoms with Gasteiger partial charge in [-0.2, -0.15) is 0 Å². The molecule has 1 atom stereocenters. The van der Waals surface area contributed by atoms with E-state index in [-0.39, 0.29) is 11.3 Å². The van der Waals surface area contributed by atoms with E-state index in [0.29, 0.717) is 6.54 Å². The van der Waals surface area contributed by atoms with Gasteiger partial charge in [-0.25, -0.2) is 0 Å². The van der Waals surface area contributed by atoms with Crippen molar-refractivity contribution in [1.82, 2.24) is 10.2 Å². The van der Waals surface area contributed by atoms with Gasteiger partial charge in [0.1, 0.15) is 0 Å². The van der Waals surface area contributed by atoms with E-state index in [2.05, 4.69) is 10.2 Å². The summed E-state index contributed by atoms with van der Waals surface area (Å²) in [5.74, 6) is -0.0427. The quantitative estimate of drug-likeness (QED) is 0.694. The fourth-order valence-corrected chi connectivity index (χ4v) is 2.00. The van der Waals surface area contributed by atoms with E-state index < -0.39 is 6.04 Å². The van der Waals surface area contributed by atoms with Gasteiger partial charge in [0, 0.05) is 19.6 Å². The summed E-state index contributed by atoms with van der Waals surface area (Å²) in [4.78, 5) is 14.2. The Balaban J connectivity index is 2.05. The topological polar surface area (TPSA) is 67.6 Å². The van der Waals surface area contributed by atoms with Crippen LogP contribution in [0.3, 0.4) is 0 Å². The van der Waals surface area contributed by atoms with Crippen molar-refractivity contribution in [2.24, 2.45) is 11.1 Å². The summed E-state index contributed by atoms with van der Waals surface area (Å²) in [6.45, 7) is 11.5. The van der Waals surface area contributed by atoms with Crippen molar-refractivity contribution in [2.45, 2.75) is 39.7 Å². The molecule has 0 saturated carbocycles.